The predicted molar refractivity (Wildman–Crippen MR) is 107 cm³/mol. The SMILES string of the molecule is O=C1CCC(c2cccc(NCc3cccc(Oc4ccccc4)c3)c2)N1. The fourth-order valence-electron chi connectivity index (χ4n) is 3.28. The van der Waals surface area contributed by atoms with Crippen LogP contribution < -0.4 is 15.4 Å². The fourth-order valence-corrected chi connectivity index (χ4v) is 3.28. The average Bonchev–Trinajstić information content (AvgIpc) is 3.14. The van der Waals surface area contributed by atoms with Crippen LogP contribution in [0.15, 0.2) is 78.9 Å². The fraction of sp³-hybridized carbons (Fsp3) is 0.174. The van der Waals surface area contributed by atoms with Gasteiger partial charge < -0.3 is 15.4 Å². The molecule has 1 fully saturated rings. The molecular formula is C23H22N2O2. The number of amides is 1. The summed E-state index contributed by atoms with van der Waals surface area (Å²) in [5.41, 5.74) is 3.33. The van der Waals surface area contributed by atoms with Crippen LogP contribution in [0.4, 0.5) is 5.69 Å². The first-order chi connectivity index (χ1) is 13.3. The van der Waals surface area contributed by atoms with Crippen molar-refractivity contribution in [2.75, 3.05) is 5.32 Å². The average molecular weight is 358 g/mol. The molecule has 1 aliphatic heterocycles. The molecular weight excluding hydrogens is 336 g/mol. The van der Waals surface area contributed by atoms with Crippen molar-refractivity contribution in [2.45, 2.75) is 25.4 Å². The maximum Gasteiger partial charge on any atom is 0.220 e. The summed E-state index contributed by atoms with van der Waals surface area (Å²) in [5.74, 6) is 1.78. The maximum absolute atomic E-state index is 11.4. The molecule has 0 aromatic heterocycles. The Balaban J connectivity index is 1.40. The van der Waals surface area contributed by atoms with Crippen LogP contribution in [0.25, 0.3) is 0 Å². The molecule has 27 heavy (non-hydrogen) atoms. The van der Waals surface area contributed by atoms with Crippen molar-refractivity contribution < 1.29 is 9.53 Å². The molecule has 0 bridgehead atoms. The number of nitrogens with one attached hydrogen (secondary N) is 2. The lowest BCUT2D eigenvalue weighted by atomic mass is 10.0. The lowest BCUT2D eigenvalue weighted by Crippen LogP contribution is -2.18. The topological polar surface area (TPSA) is 50.4 Å². The standard InChI is InChI=1S/C23H22N2O2/c26-23-13-12-22(25-23)18-7-5-8-19(15-18)24-16-17-6-4-11-21(14-17)27-20-9-2-1-3-10-20/h1-11,14-15,22,24H,12-13,16H2,(H,25,26). The minimum Gasteiger partial charge on any atom is -0.457 e. The Morgan fingerprint density at radius 2 is 1.74 bits per heavy atom. The van der Waals surface area contributed by atoms with Gasteiger partial charge in [-0.3, -0.25) is 4.79 Å². The van der Waals surface area contributed by atoms with Gasteiger partial charge in [0.15, 0.2) is 0 Å². The van der Waals surface area contributed by atoms with Crippen molar-refractivity contribution in [1.82, 2.24) is 5.32 Å². The van der Waals surface area contributed by atoms with E-state index < -0.39 is 0 Å². The molecule has 1 aliphatic rings. The van der Waals surface area contributed by atoms with E-state index in [9.17, 15) is 4.79 Å². The summed E-state index contributed by atoms with van der Waals surface area (Å²) in [6.07, 6.45) is 1.47. The minimum atomic E-state index is 0.127. The van der Waals surface area contributed by atoms with Crippen LogP contribution in [-0.2, 0) is 11.3 Å². The molecule has 1 amide bonds. The van der Waals surface area contributed by atoms with E-state index in [2.05, 4.69) is 28.8 Å². The Morgan fingerprint density at radius 3 is 2.56 bits per heavy atom. The molecule has 1 heterocycles. The molecule has 0 spiro atoms. The molecule has 3 aromatic rings. The number of para-hydroxylation sites is 1. The van der Waals surface area contributed by atoms with Gasteiger partial charge in [-0.25, -0.2) is 0 Å². The number of benzene rings is 3. The quantitative estimate of drug-likeness (QED) is 0.649. The molecule has 4 heteroatoms. The Kier molecular flexibility index (Phi) is 5.06. The number of ether oxygens (including phenoxy) is 1. The number of carbonyl (C=O) groups excluding carboxylic acids is 1. The third kappa shape index (κ3) is 4.47. The predicted octanol–water partition coefficient (Wildman–Crippen LogP) is 5.04. The van der Waals surface area contributed by atoms with E-state index >= 15 is 0 Å². The van der Waals surface area contributed by atoms with Gasteiger partial charge in [-0.15, -0.1) is 0 Å². The van der Waals surface area contributed by atoms with Gasteiger partial charge in [0, 0.05) is 18.7 Å². The molecule has 4 rings (SSSR count). The highest BCUT2D eigenvalue weighted by Gasteiger charge is 2.22. The lowest BCUT2D eigenvalue weighted by molar-refractivity contribution is -0.119. The first kappa shape index (κ1) is 17.2. The van der Waals surface area contributed by atoms with Crippen LogP contribution in [0.1, 0.15) is 30.0 Å². The highest BCUT2D eigenvalue weighted by atomic mass is 16.5. The molecule has 1 unspecified atom stereocenters. The van der Waals surface area contributed by atoms with Gasteiger partial charge in [0.2, 0.25) is 5.91 Å². The Labute approximate surface area is 159 Å². The van der Waals surface area contributed by atoms with Crippen LogP contribution >= 0.6 is 0 Å². The Bertz CT molecular complexity index is 924. The zero-order chi connectivity index (χ0) is 18.5. The summed E-state index contributed by atoms with van der Waals surface area (Å²) < 4.78 is 5.90. The highest BCUT2D eigenvalue weighted by molar-refractivity contribution is 5.78. The molecule has 3 aromatic carbocycles. The van der Waals surface area contributed by atoms with Crippen molar-refractivity contribution in [3.05, 3.63) is 90.0 Å². The molecule has 2 N–H and O–H groups in total. The summed E-state index contributed by atoms with van der Waals surface area (Å²) in [6, 6.07) is 26.2. The second-order valence-electron chi connectivity index (χ2n) is 6.70. The van der Waals surface area contributed by atoms with Crippen molar-refractivity contribution in [1.29, 1.82) is 0 Å². The zero-order valence-corrected chi connectivity index (χ0v) is 15.0. The number of carbonyl (C=O) groups is 1. The monoisotopic (exact) mass is 358 g/mol. The van der Waals surface area contributed by atoms with Crippen LogP contribution in [0.2, 0.25) is 0 Å². The number of anilines is 1. The van der Waals surface area contributed by atoms with Crippen LogP contribution in [0, 0.1) is 0 Å². The first-order valence-corrected chi connectivity index (χ1v) is 9.21. The van der Waals surface area contributed by atoms with E-state index in [4.69, 9.17) is 4.74 Å². The lowest BCUT2D eigenvalue weighted by Gasteiger charge is -2.13. The van der Waals surface area contributed by atoms with Crippen LogP contribution in [0.5, 0.6) is 11.5 Å². The second-order valence-corrected chi connectivity index (χ2v) is 6.70. The van der Waals surface area contributed by atoms with E-state index in [0.29, 0.717) is 13.0 Å². The van der Waals surface area contributed by atoms with Crippen LogP contribution in [-0.4, -0.2) is 5.91 Å². The van der Waals surface area contributed by atoms with Gasteiger partial charge >= 0.3 is 0 Å². The molecule has 0 saturated carbocycles. The van der Waals surface area contributed by atoms with E-state index in [1.807, 2.05) is 60.7 Å². The number of rotatable bonds is 6. The van der Waals surface area contributed by atoms with Crippen molar-refractivity contribution in [2.24, 2.45) is 0 Å². The number of hydrogen-bond donors (Lipinski definition) is 2. The molecule has 4 nitrogen and oxygen atoms in total. The van der Waals surface area contributed by atoms with E-state index in [1.165, 1.54) is 0 Å². The van der Waals surface area contributed by atoms with E-state index in [1.54, 1.807) is 0 Å². The minimum absolute atomic E-state index is 0.127. The highest BCUT2D eigenvalue weighted by Crippen LogP contribution is 2.26. The van der Waals surface area contributed by atoms with Crippen LogP contribution in [0.3, 0.4) is 0 Å². The summed E-state index contributed by atoms with van der Waals surface area (Å²) in [7, 11) is 0. The van der Waals surface area contributed by atoms with Crippen molar-refractivity contribution in [3.63, 3.8) is 0 Å². The third-order valence-corrected chi connectivity index (χ3v) is 4.66. The Morgan fingerprint density at radius 1 is 0.926 bits per heavy atom. The summed E-state index contributed by atoms with van der Waals surface area (Å²) >= 11 is 0. The van der Waals surface area contributed by atoms with Gasteiger partial charge in [0.1, 0.15) is 11.5 Å². The molecule has 0 radical (unpaired) electrons. The summed E-state index contributed by atoms with van der Waals surface area (Å²) in [6.45, 7) is 0.701. The van der Waals surface area contributed by atoms with Gasteiger partial charge in [-0.05, 0) is 53.9 Å². The van der Waals surface area contributed by atoms with Crippen molar-refractivity contribution in [3.8, 4) is 11.5 Å². The molecule has 0 aliphatic carbocycles. The second kappa shape index (κ2) is 7.96. The number of hydrogen-bond acceptors (Lipinski definition) is 3. The molecule has 1 atom stereocenters. The Hall–Kier alpha value is -3.27. The molecule has 136 valence electrons. The van der Waals surface area contributed by atoms with Crippen molar-refractivity contribution >= 4 is 11.6 Å². The van der Waals surface area contributed by atoms with E-state index in [0.717, 1.165) is 34.7 Å². The van der Waals surface area contributed by atoms with Gasteiger partial charge in [-0.1, -0.05) is 42.5 Å². The summed E-state index contributed by atoms with van der Waals surface area (Å²) in [4.78, 5) is 11.4. The third-order valence-electron chi connectivity index (χ3n) is 4.66. The van der Waals surface area contributed by atoms with Gasteiger partial charge in [0.25, 0.3) is 0 Å². The van der Waals surface area contributed by atoms with E-state index in [-0.39, 0.29) is 11.9 Å². The smallest absolute Gasteiger partial charge is 0.220 e. The summed E-state index contributed by atoms with van der Waals surface area (Å²) in [5, 5.41) is 6.48. The normalized spacial score (nSPS) is 16.0. The van der Waals surface area contributed by atoms with Gasteiger partial charge in [-0.2, -0.15) is 0 Å². The first-order valence-electron chi connectivity index (χ1n) is 9.21. The maximum atomic E-state index is 11.4. The zero-order valence-electron chi connectivity index (χ0n) is 15.0. The molecule has 1 saturated heterocycles. The van der Waals surface area contributed by atoms with Gasteiger partial charge in [0.05, 0.1) is 6.04 Å². The largest absolute Gasteiger partial charge is 0.457 e.